The van der Waals surface area contributed by atoms with Gasteiger partial charge in [-0.15, -0.1) is 0 Å². The summed E-state index contributed by atoms with van der Waals surface area (Å²) in [4.78, 5) is 29.9. The number of amides is 2. The van der Waals surface area contributed by atoms with E-state index in [1.807, 2.05) is 77.5 Å². The van der Waals surface area contributed by atoms with Crippen molar-refractivity contribution in [3.05, 3.63) is 83.9 Å². The van der Waals surface area contributed by atoms with Gasteiger partial charge in [0.1, 0.15) is 0 Å². The van der Waals surface area contributed by atoms with Crippen molar-refractivity contribution in [3.8, 4) is 0 Å². The van der Waals surface area contributed by atoms with Crippen molar-refractivity contribution in [3.63, 3.8) is 0 Å². The molecule has 0 N–H and O–H groups in total. The summed E-state index contributed by atoms with van der Waals surface area (Å²) in [7, 11) is 1.88. The largest absolute Gasteiger partial charge is 0.339 e. The third-order valence-corrected chi connectivity index (χ3v) is 6.36. The van der Waals surface area contributed by atoms with Gasteiger partial charge < -0.3 is 9.80 Å². The van der Waals surface area contributed by atoms with Crippen molar-refractivity contribution in [1.29, 1.82) is 0 Å². The number of carbonyl (C=O) groups excluding carboxylic acids is 2. The zero-order valence-electron chi connectivity index (χ0n) is 17.6. The van der Waals surface area contributed by atoms with Crippen LogP contribution in [-0.2, 0) is 4.79 Å². The minimum absolute atomic E-state index is 0.0299. The van der Waals surface area contributed by atoms with Crippen LogP contribution in [0.5, 0.6) is 0 Å². The average molecular weight is 401 g/mol. The lowest BCUT2D eigenvalue weighted by molar-refractivity contribution is -0.137. The zero-order valence-corrected chi connectivity index (χ0v) is 17.6. The third-order valence-electron chi connectivity index (χ3n) is 6.36. The van der Waals surface area contributed by atoms with Gasteiger partial charge in [0.05, 0.1) is 6.04 Å². The van der Waals surface area contributed by atoms with Gasteiger partial charge in [0.25, 0.3) is 5.91 Å². The van der Waals surface area contributed by atoms with Crippen LogP contribution in [0.25, 0.3) is 10.8 Å². The molecule has 0 bridgehead atoms. The standard InChI is InChI=1S/C26H28N2O2/c1-19(20-9-4-3-5-10-20)27(2)25(29)22-15-17-28(18-16-22)26(30)24-14-8-12-21-11-6-7-13-23(21)24/h3-14,19,22H,15-18H2,1-2H3. The molecule has 0 aliphatic carbocycles. The van der Waals surface area contributed by atoms with Gasteiger partial charge in [-0.2, -0.15) is 0 Å². The summed E-state index contributed by atoms with van der Waals surface area (Å²) in [5.41, 5.74) is 1.88. The smallest absolute Gasteiger partial charge is 0.254 e. The topological polar surface area (TPSA) is 40.6 Å². The second-order valence-electron chi connectivity index (χ2n) is 8.13. The number of likely N-dealkylation sites (tertiary alicyclic amines) is 1. The minimum Gasteiger partial charge on any atom is -0.339 e. The second-order valence-corrected chi connectivity index (χ2v) is 8.13. The lowest BCUT2D eigenvalue weighted by atomic mass is 9.93. The molecule has 30 heavy (non-hydrogen) atoms. The van der Waals surface area contributed by atoms with Crippen molar-refractivity contribution in [1.82, 2.24) is 9.80 Å². The molecule has 1 heterocycles. The van der Waals surface area contributed by atoms with E-state index in [-0.39, 0.29) is 23.8 Å². The maximum Gasteiger partial charge on any atom is 0.254 e. The van der Waals surface area contributed by atoms with Crippen LogP contribution in [0.1, 0.15) is 41.7 Å². The van der Waals surface area contributed by atoms with E-state index in [1.165, 1.54) is 0 Å². The SMILES string of the molecule is CC(c1ccccc1)N(C)C(=O)C1CCN(C(=O)c2cccc3ccccc23)CC1. The number of carbonyl (C=O) groups is 2. The first-order valence-corrected chi connectivity index (χ1v) is 10.6. The van der Waals surface area contributed by atoms with Gasteiger partial charge in [0, 0.05) is 31.6 Å². The summed E-state index contributed by atoms with van der Waals surface area (Å²) in [6.45, 7) is 3.30. The number of benzene rings is 3. The predicted octanol–water partition coefficient (Wildman–Crippen LogP) is 4.91. The van der Waals surface area contributed by atoms with Crippen molar-refractivity contribution in [2.75, 3.05) is 20.1 Å². The fourth-order valence-corrected chi connectivity index (χ4v) is 4.35. The average Bonchev–Trinajstić information content (AvgIpc) is 2.82. The predicted molar refractivity (Wildman–Crippen MR) is 120 cm³/mol. The Morgan fingerprint density at radius 1 is 0.900 bits per heavy atom. The highest BCUT2D eigenvalue weighted by Gasteiger charge is 2.31. The zero-order chi connectivity index (χ0) is 21.1. The summed E-state index contributed by atoms with van der Waals surface area (Å²) in [5, 5.41) is 2.06. The monoisotopic (exact) mass is 400 g/mol. The van der Waals surface area contributed by atoms with Gasteiger partial charge in [-0.05, 0) is 42.2 Å². The summed E-state index contributed by atoms with van der Waals surface area (Å²) < 4.78 is 0. The second kappa shape index (κ2) is 8.70. The summed E-state index contributed by atoms with van der Waals surface area (Å²) in [5.74, 6) is 0.199. The van der Waals surface area contributed by atoms with E-state index in [0.29, 0.717) is 25.9 Å². The van der Waals surface area contributed by atoms with E-state index in [1.54, 1.807) is 0 Å². The van der Waals surface area contributed by atoms with Crippen LogP contribution in [0.3, 0.4) is 0 Å². The molecule has 0 spiro atoms. The van der Waals surface area contributed by atoms with Crippen LogP contribution in [0.2, 0.25) is 0 Å². The Morgan fingerprint density at radius 3 is 2.27 bits per heavy atom. The van der Waals surface area contributed by atoms with Crippen molar-refractivity contribution >= 4 is 22.6 Å². The Hall–Kier alpha value is -3.14. The first kappa shape index (κ1) is 20.1. The number of piperidine rings is 1. The summed E-state index contributed by atoms with van der Waals surface area (Å²) >= 11 is 0. The van der Waals surface area contributed by atoms with Gasteiger partial charge in [-0.1, -0.05) is 66.7 Å². The highest BCUT2D eigenvalue weighted by Crippen LogP contribution is 2.27. The number of nitrogens with zero attached hydrogens (tertiary/aromatic N) is 2. The molecule has 4 nitrogen and oxygen atoms in total. The van der Waals surface area contributed by atoms with Crippen LogP contribution < -0.4 is 0 Å². The van der Waals surface area contributed by atoms with Crippen LogP contribution in [0, 0.1) is 5.92 Å². The van der Waals surface area contributed by atoms with E-state index in [0.717, 1.165) is 21.9 Å². The first-order valence-electron chi connectivity index (χ1n) is 10.6. The number of fused-ring (bicyclic) bond motifs is 1. The number of hydrogen-bond acceptors (Lipinski definition) is 2. The highest BCUT2D eigenvalue weighted by molar-refractivity contribution is 6.07. The Balaban J connectivity index is 1.41. The van der Waals surface area contributed by atoms with Crippen molar-refractivity contribution in [2.24, 2.45) is 5.92 Å². The Morgan fingerprint density at radius 2 is 1.53 bits per heavy atom. The Labute approximate surface area is 178 Å². The molecule has 1 atom stereocenters. The lowest BCUT2D eigenvalue weighted by Crippen LogP contribution is -2.44. The Kier molecular flexibility index (Phi) is 5.84. The van der Waals surface area contributed by atoms with Gasteiger partial charge in [-0.3, -0.25) is 9.59 Å². The molecular weight excluding hydrogens is 372 g/mol. The van der Waals surface area contributed by atoms with Gasteiger partial charge in [0.2, 0.25) is 5.91 Å². The van der Waals surface area contributed by atoms with Gasteiger partial charge in [-0.25, -0.2) is 0 Å². The molecule has 1 aliphatic rings. The van der Waals surface area contributed by atoms with E-state index in [9.17, 15) is 9.59 Å². The molecule has 1 fully saturated rings. The van der Waals surface area contributed by atoms with Crippen LogP contribution in [-0.4, -0.2) is 41.8 Å². The van der Waals surface area contributed by atoms with E-state index in [2.05, 4.69) is 19.1 Å². The minimum atomic E-state index is -0.0299. The summed E-state index contributed by atoms with van der Waals surface area (Å²) in [6, 6.07) is 24.0. The van der Waals surface area contributed by atoms with Crippen LogP contribution in [0.4, 0.5) is 0 Å². The first-order chi connectivity index (χ1) is 14.6. The quantitative estimate of drug-likeness (QED) is 0.624. The molecule has 2 amide bonds. The van der Waals surface area contributed by atoms with Crippen LogP contribution >= 0.6 is 0 Å². The lowest BCUT2D eigenvalue weighted by Gasteiger charge is -2.35. The van der Waals surface area contributed by atoms with E-state index in [4.69, 9.17) is 0 Å². The van der Waals surface area contributed by atoms with Crippen LogP contribution in [0.15, 0.2) is 72.8 Å². The van der Waals surface area contributed by atoms with Crippen molar-refractivity contribution in [2.45, 2.75) is 25.8 Å². The molecule has 0 aromatic heterocycles. The highest BCUT2D eigenvalue weighted by atomic mass is 16.2. The van der Waals surface area contributed by atoms with Crippen molar-refractivity contribution < 1.29 is 9.59 Å². The molecule has 0 saturated carbocycles. The maximum absolute atomic E-state index is 13.1. The Bertz CT molecular complexity index is 1030. The van der Waals surface area contributed by atoms with E-state index >= 15 is 0 Å². The molecular formula is C26H28N2O2. The van der Waals surface area contributed by atoms with Gasteiger partial charge >= 0.3 is 0 Å². The molecule has 1 saturated heterocycles. The third kappa shape index (κ3) is 3.95. The fourth-order valence-electron chi connectivity index (χ4n) is 4.35. The molecule has 154 valence electrons. The molecule has 0 radical (unpaired) electrons. The molecule has 1 aliphatic heterocycles. The number of hydrogen-bond donors (Lipinski definition) is 0. The van der Waals surface area contributed by atoms with E-state index < -0.39 is 0 Å². The van der Waals surface area contributed by atoms with Gasteiger partial charge in [0.15, 0.2) is 0 Å². The normalized spacial score (nSPS) is 15.7. The summed E-state index contributed by atoms with van der Waals surface area (Å²) in [6.07, 6.45) is 1.42. The fraction of sp³-hybridized carbons (Fsp3) is 0.308. The molecule has 3 aromatic carbocycles. The molecule has 4 rings (SSSR count). The molecule has 4 heteroatoms. The molecule has 3 aromatic rings. The maximum atomic E-state index is 13.1. The molecule has 1 unspecified atom stereocenters. The number of rotatable bonds is 4.